The molecule has 0 atom stereocenters. The Kier molecular flexibility index (Phi) is 4.66. The molecule has 0 aliphatic rings. The van der Waals surface area contributed by atoms with Crippen molar-refractivity contribution < 1.29 is 14.3 Å². The van der Waals surface area contributed by atoms with E-state index in [4.69, 9.17) is 5.11 Å². The van der Waals surface area contributed by atoms with E-state index < -0.39 is 11.8 Å². The third-order valence-electron chi connectivity index (χ3n) is 2.09. The molecule has 0 bridgehead atoms. The summed E-state index contributed by atoms with van der Waals surface area (Å²) in [4.78, 5) is 10.6. The minimum absolute atomic E-state index is 0.299. The zero-order valence-corrected chi connectivity index (χ0v) is 9.03. The number of rotatable bonds is 5. The number of carboxylic acids is 1. The minimum atomic E-state index is -1.25. The van der Waals surface area contributed by atoms with Crippen LogP contribution in [0.1, 0.15) is 22.3 Å². The Balaban J connectivity index is 2.73. The second kappa shape index (κ2) is 6.02. The number of carbonyl (C=O) groups is 1. The van der Waals surface area contributed by atoms with E-state index in [9.17, 15) is 9.18 Å². The lowest BCUT2D eigenvalue weighted by Gasteiger charge is -1.99. The molecule has 1 aromatic carbocycles. The fourth-order valence-electron chi connectivity index (χ4n) is 1.26. The van der Waals surface area contributed by atoms with Gasteiger partial charge in [0.1, 0.15) is 5.82 Å². The van der Waals surface area contributed by atoms with Crippen LogP contribution in [0.2, 0.25) is 0 Å². The summed E-state index contributed by atoms with van der Waals surface area (Å²) in [5.41, 5.74) is 0.367. The quantitative estimate of drug-likeness (QED) is 0.752. The molecule has 0 heterocycles. The van der Waals surface area contributed by atoms with Gasteiger partial charge in [-0.3, -0.25) is 0 Å². The summed E-state index contributed by atoms with van der Waals surface area (Å²) in [6.45, 7) is 0.853. The summed E-state index contributed by atoms with van der Waals surface area (Å²) in [5, 5.41) is 11.6. The van der Waals surface area contributed by atoms with Crippen LogP contribution >= 0.6 is 0 Å². The number of benzene rings is 1. The van der Waals surface area contributed by atoms with Crippen LogP contribution in [-0.4, -0.2) is 24.7 Å². The fourth-order valence-corrected chi connectivity index (χ4v) is 1.26. The van der Waals surface area contributed by atoms with Crippen LogP contribution in [0.5, 0.6) is 0 Å². The Morgan fingerprint density at radius 1 is 1.56 bits per heavy atom. The number of hydrogen-bond donors (Lipinski definition) is 2. The third-order valence-corrected chi connectivity index (χ3v) is 2.09. The minimum Gasteiger partial charge on any atom is -0.478 e. The van der Waals surface area contributed by atoms with Crippen molar-refractivity contribution in [2.45, 2.75) is 6.42 Å². The standard InChI is InChI=1S/C12H14FNO2/c1-14-7-3-2-4-9-5-6-10(12(15)16)11(13)8-9/h2,4-6,8,14H,3,7H2,1H3,(H,15,16). The fraction of sp³-hybridized carbons (Fsp3) is 0.250. The highest BCUT2D eigenvalue weighted by Gasteiger charge is 2.08. The van der Waals surface area contributed by atoms with Crippen molar-refractivity contribution in [1.82, 2.24) is 5.32 Å². The SMILES string of the molecule is CNCCC=Cc1ccc(C(=O)O)c(F)c1. The molecule has 0 aliphatic carbocycles. The molecule has 0 radical (unpaired) electrons. The van der Waals surface area contributed by atoms with Crippen LogP contribution in [0.25, 0.3) is 6.08 Å². The number of halogens is 1. The maximum atomic E-state index is 13.2. The van der Waals surface area contributed by atoms with E-state index in [0.29, 0.717) is 5.56 Å². The van der Waals surface area contributed by atoms with E-state index >= 15 is 0 Å². The summed E-state index contributed by atoms with van der Waals surface area (Å²) in [7, 11) is 1.86. The maximum absolute atomic E-state index is 13.2. The number of hydrogen-bond acceptors (Lipinski definition) is 2. The summed E-state index contributed by atoms with van der Waals surface area (Å²) < 4.78 is 13.2. The average molecular weight is 223 g/mol. The van der Waals surface area contributed by atoms with E-state index in [1.165, 1.54) is 12.1 Å². The molecular formula is C12H14FNO2. The van der Waals surface area contributed by atoms with Crippen molar-refractivity contribution in [3.8, 4) is 0 Å². The molecular weight excluding hydrogens is 209 g/mol. The lowest BCUT2D eigenvalue weighted by molar-refractivity contribution is 0.0692. The molecule has 3 nitrogen and oxygen atoms in total. The van der Waals surface area contributed by atoms with Crippen molar-refractivity contribution in [1.29, 1.82) is 0 Å². The molecule has 1 aromatic rings. The first-order valence-corrected chi connectivity index (χ1v) is 4.99. The van der Waals surface area contributed by atoms with Crippen LogP contribution in [0, 0.1) is 5.82 Å². The Hall–Kier alpha value is -1.68. The second-order valence-corrected chi connectivity index (χ2v) is 3.34. The molecule has 0 aliphatic heterocycles. The molecule has 0 fully saturated rings. The van der Waals surface area contributed by atoms with Crippen molar-refractivity contribution in [3.05, 3.63) is 41.2 Å². The molecule has 0 unspecified atom stereocenters. The van der Waals surface area contributed by atoms with E-state index in [2.05, 4.69) is 5.32 Å². The monoisotopic (exact) mass is 223 g/mol. The normalized spacial score (nSPS) is 10.9. The zero-order chi connectivity index (χ0) is 12.0. The highest BCUT2D eigenvalue weighted by Crippen LogP contribution is 2.11. The van der Waals surface area contributed by atoms with Gasteiger partial charge in [0.15, 0.2) is 0 Å². The van der Waals surface area contributed by atoms with Gasteiger partial charge in [-0.2, -0.15) is 0 Å². The van der Waals surface area contributed by atoms with Crippen molar-refractivity contribution in [2.75, 3.05) is 13.6 Å². The van der Waals surface area contributed by atoms with E-state index in [1.54, 1.807) is 12.1 Å². The molecule has 0 amide bonds. The van der Waals surface area contributed by atoms with E-state index in [0.717, 1.165) is 13.0 Å². The van der Waals surface area contributed by atoms with Crippen LogP contribution in [0.3, 0.4) is 0 Å². The van der Waals surface area contributed by atoms with Crippen molar-refractivity contribution in [2.24, 2.45) is 0 Å². The first-order valence-electron chi connectivity index (χ1n) is 4.99. The Morgan fingerprint density at radius 3 is 2.88 bits per heavy atom. The molecule has 1 rings (SSSR count). The average Bonchev–Trinajstić information content (AvgIpc) is 2.24. The van der Waals surface area contributed by atoms with Gasteiger partial charge in [0.25, 0.3) is 0 Å². The summed E-state index contributed by atoms with van der Waals surface area (Å²) in [5.74, 6) is -1.95. The molecule has 2 N–H and O–H groups in total. The van der Waals surface area contributed by atoms with Crippen LogP contribution in [-0.2, 0) is 0 Å². The van der Waals surface area contributed by atoms with E-state index in [-0.39, 0.29) is 5.56 Å². The molecule has 0 saturated heterocycles. The Labute approximate surface area is 93.6 Å². The van der Waals surface area contributed by atoms with Crippen molar-refractivity contribution >= 4 is 12.0 Å². The third kappa shape index (κ3) is 3.47. The van der Waals surface area contributed by atoms with Crippen molar-refractivity contribution in [3.63, 3.8) is 0 Å². The first kappa shape index (κ1) is 12.4. The van der Waals surface area contributed by atoms with E-state index in [1.807, 2.05) is 13.1 Å². The summed E-state index contributed by atoms with van der Waals surface area (Å²) in [6, 6.07) is 4.08. The highest BCUT2D eigenvalue weighted by atomic mass is 19.1. The number of carboxylic acid groups (broad SMARTS) is 1. The summed E-state index contributed by atoms with van der Waals surface area (Å²) >= 11 is 0. The number of aromatic carboxylic acids is 1. The maximum Gasteiger partial charge on any atom is 0.338 e. The van der Waals surface area contributed by atoms with Gasteiger partial charge in [0.05, 0.1) is 5.56 Å². The predicted molar refractivity (Wildman–Crippen MR) is 60.9 cm³/mol. The lowest BCUT2D eigenvalue weighted by atomic mass is 10.1. The van der Waals surface area contributed by atoms with Gasteiger partial charge >= 0.3 is 5.97 Å². The van der Waals surface area contributed by atoms with Gasteiger partial charge in [-0.1, -0.05) is 18.2 Å². The van der Waals surface area contributed by atoms with Gasteiger partial charge in [0.2, 0.25) is 0 Å². The molecule has 4 heteroatoms. The van der Waals surface area contributed by atoms with Gasteiger partial charge in [0, 0.05) is 0 Å². The van der Waals surface area contributed by atoms with Gasteiger partial charge in [-0.05, 0) is 37.7 Å². The van der Waals surface area contributed by atoms with Gasteiger partial charge in [-0.25, -0.2) is 9.18 Å². The molecule has 86 valence electrons. The zero-order valence-electron chi connectivity index (χ0n) is 9.03. The van der Waals surface area contributed by atoms with Gasteiger partial charge < -0.3 is 10.4 Å². The van der Waals surface area contributed by atoms with Crippen LogP contribution < -0.4 is 5.32 Å². The van der Waals surface area contributed by atoms with Crippen LogP contribution in [0.4, 0.5) is 4.39 Å². The lowest BCUT2D eigenvalue weighted by Crippen LogP contribution is -2.05. The predicted octanol–water partition coefficient (Wildman–Crippen LogP) is 2.15. The highest BCUT2D eigenvalue weighted by molar-refractivity contribution is 5.88. The molecule has 16 heavy (non-hydrogen) atoms. The topological polar surface area (TPSA) is 49.3 Å². The molecule has 0 saturated carbocycles. The molecule has 0 spiro atoms. The molecule has 0 aromatic heterocycles. The number of nitrogens with one attached hydrogen (secondary N) is 1. The second-order valence-electron chi connectivity index (χ2n) is 3.34. The largest absolute Gasteiger partial charge is 0.478 e. The van der Waals surface area contributed by atoms with Gasteiger partial charge in [-0.15, -0.1) is 0 Å². The smallest absolute Gasteiger partial charge is 0.338 e. The Bertz CT molecular complexity index is 402. The Morgan fingerprint density at radius 2 is 2.31 bits per heavy atom. The summed E-state index contributed by atoms with van der Waals surface area (Å²) in [6.07, 6.45) is 4.52. The van der Waals surface area contributed by atoms with Crippen LogP contribution in [0.15, 0.2) is 24.3 Å². The first-order chi connectivity index (χ1) is 7.65.